The van der Waals surface area contributed by atoms with Crippen molar-refractivity contribution in [1.82, 2.24) is 0 Å². The summed E-state index contributed by atoms with van der Waals surface area (Å²) in [7, 11) is -7.31. The Labute approximate surface area is 678 Å². The first-order valence-electron chi connectivity index (χ1n) is 39.0. The number of hydrogen-bond acceptors (Lipinski definition) is 3. The highest BCUT2D eigenvalue weighted by atomic mass is 32.2. The van der Waals surface area contributed by atoms with Crippen molar-refractivity contribution in [2.75, 3.05) is 0 Å². The summed E-state index contributed by atoms with van der Waals surface area (Å²) < 4.78 is 58.9. The summed E-state index contributed by atoms with van der Waals surface area (Å²) in [6.45, 7) is 0. The summed E-state index contributed by atoms with van der Waals surface area (Å²) in [5.74, 6) is 0. The molecule has 0 atom stereocenters. The molecule has 21 aromatic carbocycles. The Morgan fingerprint density at radius 2 is 0.316 bits per heavy atom. The van der Waals surface area contributed by atoms with Crippen LogP contribution in [0, 0.1) is 0 Å². The van der Waals surface area contributed by atoms with Gasteiger partial charge in [0.2, 0.25) is 0 Å². The van der Waals surface area contributed by atoms with Crippen molar-refractivity contribution in [3.8, 4) is 100 Å². The molecule has 0 spiro atoms. The van der Waals surface area contributed by atoms with Crippen LogP contribution in [0.1, 0.15) is 0 Å². The van der Waals surface area contributed by atoms with Crippen molar-refractivity contribution >= 4 is 118 Å². The molecule has 0 bridgehead atoms. The second kappa shape index (κ2) is 29.8. The molecule has 556 valence electrons. The van der Waals surface area contributed by atoms with Gasteiger partial charge in [0.25, 0.3) is 0 Å². The number of alkyl halides is 3. The minimum absolute atomic E-state index is 1.14. The van der Waals surface area contributed by atoms with Crippen molar-refractivity contribution in [3.63, 3.8) is 0 Å². The van der Waals surface area contributed by atoms with Crippen LogP contribution in [0.3, 0.4) is 0 Å². The van der Waals surface area contributed by atoms with E-state index in [2.05, 4.69) is 419 Å². The SMILES string of the molecule is O=S(=O)([O-])C(F)(F)F.c1ccc2c(-c3cc(-c4cccc5ccccc45)c([S+](c4c(-c5cccc6ccccc56)cc(-c5cccc6ccccc56)cc4-c4cccc5ccccc45)c4c(-c5cccc6ccccc56)cc(-c5cccc6ccccc56)cc4-c4cccc5ccccc45)c(-c4cccc5ccccc45)c3)cccc2c1. The number of fused-ring (bicyclic) bond motifs is 9. The zero-order valence-electron chi connectivity index (χ0n) is 63.0. The zero-order chi connectivity index (χ0) is 78.9. The van der Waals surface area contributed by atoms with Gasteiger partial charge in [0, 0.05) is 33.4 Å². The molecule has 0 heterocycles. The molecule has 0 aliphatic rings. The van der Waals surface area contributed by atoms with E-state index in [1.54, 1.807) is 0 Å². The molecule has 0 fully saturated rings. The summed E-state index contributed by atoms with van der Waals surface area (Å²) in [6.07, 6.45) is 0. The van der Waals surface area contributed by atoms with Gasteiger partial charge in [0.15, 0.2) is 24.8 Å². The van der Waals surface area contributed by atoms with E-state index < -0.39 is 26.5 Å². The number of hydrogen-bond donors (Lipinski definition) is 0. The van der Waals surface area contributed by atoms with Gasteiger partial charge in [-0.15, -0.1) is 0 Å². The van der Waals surface area contributed by atoms with Crippen molar-refractivity contribution in [1.29, 1.82) is 0 Å². The summed E-state index contributed by atoms with van der Waals surface area (Å²) >= 11 is 0. The maximum atomic E-state index is 10.7. The van der Waals surface area contributed by atoms with E-state index in [1.165, 1.54) is 128 Å². The molecule has 0 amide bonds. The van der Waals surface area contributed by atoms with Crippen molar-refractivity contribution in [3.05, 3.63) is 419 Å². The van der Waals surface area contributed by atoms with Gasteiger partial charge in [0.1, 0.15) is 10.9 Å². The fraction of sp³-hybridized carbons (Fsp3) is 0.00917. The molecule has 0 aliphatic carbocycles. The lowest BCUT2D eigenvalue weighted by molar-refractivity contribution is -0.0517. The molecule has 117 heavy (non-hydrogen) atoms. The molecule has 0 aliphatic heterocycles. The van der Waals surface area contributed by atoms with Gasteiger partial charge in [-0.1, -0.05) is 382 Å². The van der Waals surface area contributed by atoms with Crippen LogP contribution in [0.4, 0.5) is 13.2 Å². The molecule has 21 aromatic rings. The molecule has 0 radical (unpaired) electrons. The maximum Gasteiger partial charge on any atom is 0.485 e. The Morgan fingerprint density at radius 1 is 0.188 bits per heavy atom. The first-order chi connectivity index (χ1) is 57.3. The second-order valence-corrected chi connectivity index (χ2v) is 32.9. The van der Waals surface area contributed by atoms with Gasteiger partial charge >= 0.3 is 5.51 Å². The molecule has 0 saturated heterocycles. The van der Waals surface area contributed by atoms with E-state index in [1.807, 2.05) is 0 Å². The highest BCUT2D eigenvalue weighted by Gasteiger charge is 2.46. The molecule has 0 saturated carbocycles. The van der Waals surface area contributed by atoms with E-state index in [-0.39, 0.29) is 0 Å². The Morgan fingerprint density at radius 3 is 0.470 bits per heavy atom. The largest absolute Gasteiger partial charge is 0.741 e. The van der Waals surface area contributed by atoms with Crippen molar-refractivity contribution < 1.29 is 26.1 Å². The Balaban J connectivity index is 0.00000105. The van der Waals surface area contributed by atoms with E-state index in [0.29, 0.717) is 0 Å². The van der Waals surface area contributed by atoms with Crippen LogP contribution in [0.15, 0.2) is 433 Å². The summed E-state index contributed by atoms with van der Waals surface area (Å²) in [5.41, 5.74) is 15.2. The van der Waals surface area contributed by atoms with E-state index >= 15 is 0 Å². The second-order valence-electron chi connectivity index (χ2n) is 29.6. The molecular weight excluding hydrogens is 1480 g/mol. The number of rotatable bonds is 12. The summed E-state index contributed by atoms with van der Waals surface area (Å²) in [5, 5.41) is 21.3. The first kappa shape index (κ1) is 72.0. The standard InChI is InChI=1S/C108H69S.CHF3O3S/c1-10-46-82-70(28-1)37-19-55-91(82)79-64-100(94-58-22-40-73-31-4-13-49-85(73)94)106(101(65-79)95-59-23-41-74-32-5-14-50-86(74)95)109(107-102(96-60-24-42-75-33-6-15-51-87(75)96)66-80(92-56-20-38-71-29-2-11-47-83(71)92)67-103(107)97-61-25-43-76-34-7-16-52-88(76)97)108-104(98-62-26-44-77-35-8-17-53-89(77)98)68-81(93-57-21-39-72-30-3-12-48-84(72)93)69-105(108)99-63-27-45-78-36-9-18-54-90(78)99;2-1(3,4)8(5,6)7/h1-69H;(H,5,6,7)/q+1;/p-1. The van der Waals surface area contributed by atoms with Crippen LogP contribution in [0.25, 0.3) is 197 Å². The van der Waals surface area contributed by atoms with E-state index in [9.17, 15) is 13.2 Å². The normalized spacial score (nSPS) is 11.9. The van der Waals surface area contributed by atoms with Crippen LogP contribution in [0.5, 0.6) is 0 Å². The third-order valence-electron chi connectivity index (χ3n) is 22.9. The minimum atomic E-state index is -6.09. The molecule has 21 rings (SSSR count). The zero-order valence-corrected chi connectivity index (χ0v) is 64.6. The molecule has 0 aromatic heterocycles. The van der Waals surface area contributed by atoms with E-state index in [0.717, 1.165) is 83.5 Å². The summed E-state index contributed by atoms with van der Waals surface area (Å²) in [6, 6.07) is 160. The minimum Gasteiger partial charge on any atom is -0.741 e. The van der Waals surface area contributed by atoms with Gasteiger partial charge in [-0.25, -0.2) is 8.42 Å². The summed E-state index contributed by atoms with van der Waals surface area (Å²) in [4.78, 5) is 3.66. The number of benzene rings is 21. The quantitative estimate of drug-likeness (QED) is 0.0696. The lowest BCUT2D eigenvalue weighted by Crippen LogP contribution is -2.21. The van der Waals surface area contributed by atoms with Gasteiger partial charge in [-0.05, 0) is 200 Å². The third kappa shape index (κ3) is 13.0. The van der Waals surface area contributed by atoms with E-state index in [4.69, 9.17) is 13.0 Å². The Bertz CT molecular complexity index is 6660. The van der Waals surface area contributed by atoms with Gasteiger partial charge in [-0.3, -0.25) is 0 Å². The molecular formula is C109H69F3O3S2. The molecule has 0 unspecified atom stereocenters. The maximum absolute atomic E-state index is 10.7. The Kier molecular flexibility index (Phi) is 18.3. The van der Waals surface area contributed by atoms with Gasteiger partial charge < -0.3 is 4.55 Å². The number of halogens is 3. The van der Waals surface area contributed by atoms with Gasteiger partial charge in [-0.2, -0.15) is 13.2 Å². The van der Waals surface area contributed by atoms with Crippen LogP contribution in [-0.2, 0) is 21.0 Å². The lowest BCUT2D eigenvalue weighted by Gasteiger charge is -2.27. The predicted octanol–water partition coefficient (Wildman–Crippen LogP) is 30.2. The highest BCUT2D eigenvalue weighted by molar-refractivity contribution is 7.97. The van der Waals surface area contributed by atoms with Gasteiger partial charge in [0.05, 0.1) is 0 Å². The van der Waals surface area contributed by atoms with Crippen LogP contribution < -0.4 is 0 Å². The highest BCUT2D eigenvalue weighted by Crippen LogP contribution is 2.59. The van der Waals surface area contributed by atoms with Crippen molar-refractivity contribution in [2.45, 2.75) is 20.2 Å². The average Bonchev–Trinajstić information content (AvgIpc) is 0.703. The average molecular weight is 1550 g/mol. The van der Waals surface area contributed by atoms with Crippen LogP contribution in [-0.4, -0.2) is 18.5 Å². The predicted molar refractivity (Wildman–Crippen MR) is 484 cm³/mol. The topological polar surface area (TPSA) is 57.2 Å². The molecule has 0 N–H and O–H groups in total. The first-order valence-corrected chi connectivity index (χ1v) is 41.6. The smallest absolute Gasteiger partial charge is 0.485 e. The fourth-order valence-electron chi connectivity index (χ4n) is 17.7. The Hall–Kier alpha value is -14.0. The van der Waals surface area contributed by atoms with Crippen LogP contribution >= 0.6 is 0 Å². The lowest BCUT2D eigenvalue weighted by atomic mass is 9.88. The van der Waals surface area contributed by atoms with Crippen molar-refractivity contribution in [2.24, 2.45) is 0 Å². The molecule has 3 nitrogen and oxygen atoms in total. The monoisotopic (exact) mass is 1550 g/mol. The van der Waals surface area contributed by atoms with Crippen LogP contribution in [0.2, 0.25) is 0 Å². The third-order valence-corrected chi connectivity index (χ3v) is 26.1. The molecule has 8 heteroatoms. The fourth-order valence-corrected chi connectivity index (χ4v) is 20.7.